The van der Waals surface area contributed by atoms with Gasteiger partial charge in [0, 0.05) is 38.1 Å². The summed E-state index contributed by atoms with van der Waals surface area (Å²) in [6, 6.07) is 0.932. The van der Waals surface area contributed by atoms with Crippen LogP contribution in [0.5, 0.6) is 5.75 Å². The van der Waals surface area contributed by atoms with E-state index in [4.69, 9.17) is 9.15 Å². The largest absolute Gasteiger partial charge is 0.483 e. The van der Waals surface area contributed by atoms with Crippen molar-refractivity contribution in [3.05, 3.63) is 47.2 Å². The van der Waals surface area contributed by atoms with Gasteiger partial charge in [-0.1, -0.05) is 34.6 Å². The number of carbonyl (C=O) groups is 3. The maximum Gasteiger partial charge on any atom is 0.416 e. The summed E-state index contributed by atoms with van der Waals surface area (Å²) in [5.74, 6) is -0.774. The number of aromatic nitrogens is 1. The third-order valence-electron chi connectivity index (χ3n) is 8.14. The lowest BCUT2D eigenvalue weighted by atomic mass is 9.94. The van der Waals surface area contributed by atoms with E-state index in [1.165, 1.54) is 4.90 Å². The van der Waals surface area contributed by atoms with Crippen LogP contribution in [0.15, 0.2) is 28.8 Å². The van der Waals surface area contributed by atoms with E-state index in [1.807, 2.05) is 41.7 Å². The number of piperazine rings is 1. The molecule has 10 nitrogen and oxygen atoms in total. The Kier molecular flexibility index (Phi) is 10.5. The van der Waals surface area contributed by atoms with Crippen LogP contribution < -0.4 is 10.1 Å². The molecule has 248 valence electrons. The maximum absolute atomic E-state index is 13.9. The van der Waals surface area contributed by atoms with Gasteiger partial charge in [-0.3, -0.25) is 14.4 Å². The monoisotopic (exact) mass is 635 g/mol. The number of likely N-dealkylation sites (tertiary alicyclic amines) is 1. The first-order valence-corrected chi connectivity index (χ1v) is 15.4. The van der Waals surface area contributed by atoms with E-state index in [9.17, 15) is 27.6 Å². The first kappa shape index (κ1) is 34.3. The molecule has 2 aliphatic rings. The molecule has 1 N–H and O–H groups in total. The fourth-order valence-electron chi connectivity index (χ4n) is 5.53. The van der Waals surface area contributed by atoms with E-state index in [0.29, 0.717) is 44.3 Å². The number of hydrogen-bond donors (Lipinski definition) is 1. The van der Waals surface area contributed by atoms with Crippen LogP contribution in [0.4, 0.5) is 13.2 Å². The van der Waals surface area contributed by atoms with Crippen molar-refractivity contribution in [1.82, 2.24) is 25.0 Å². The number of likely N-dealkylation sites (N-methyl/N-ethyl adjacent to an activating group) is 1. The Hall–Kier alpha value is -3.61. The van der Waals surface area contributed by atoms with Crippen molar-refractivity contribution in [1.29, 1.82) is 0 Å². The second kappa shape index (κ2) is 13.8. The van der Waals surface area contributed by atoms with E-state index in [0.717, 1.165) is 25.2 Å². The van der Waals surface area contributed by atoms with Gasteiger partial charge < -0.3 is 29.2 Å². The van der Waals surface area contributed by atoms with Gasteiger partial charge in [-0.15, -0.1) is 0 Å². The number of carbonyl (C=O) groups excluding carboxylic acids is 3. The molecule has 0 aliphatic carbocycles. The molecule has 1 aromatic heterocycles. The van der Waals surface area contributed by atoms with Gasteiger partial charge in [0.1, 0.15) is 23.6 Å². The number of alkyl halides is 3. The summed E-state index contributed by atoms with van der Waals surface area (Å²) in [6.45, 7) is 12.4. The third kappa shape index (κ3) is 8.56. The number of nitrogens with one attached hydrogen (secondary N) is 1. The molecular formula is C32H44F3N5O5. The third-order valence-corrected chi connectivity index (χ3v) is 8.14. The summed E-state index contributed by atoms with van der Waals surface area (Å²) in [5.41, 5.74) is -1.72. The SMILES string of the molecule is CC(C)CC(NC(=O)c1cc(C(F)(F)F)ccc1OCc1ncc(C(C)(C)C)o1)C(=O)N1CCCC1C(=O)N1CCN(C)CC1. The molecule has 2 fully saturated rings. The van der Waals surface area contributed by atoms with Crippen LogP contribution in [0.25, 0.3) is 0 Å². The predicted molar refractivity (Wildman–Crippen MR) is 161 cm³/mol. The van der Waals surface area contributed by atoms with Gasteiger partial charge >= 0.3 is 6.18 Å². The summed E-state index contributed by atoms with van der Waals surface area (Å²) in [6.07, 6.45) is -1.76. The zero-order valence-electron chi connectivity index (χ0n) is 26.9. The molecular weight excluding hydrogens is 591 g/mol. The highest BCUT2D eigenvalue weighted by atomic mass is 19.4. The molecule has 2 aliphatic heterocycles. The molecule has 4 rings (SSSR count). The topological polar surface area (TPSA) is 108 Å². The molecule has 0 spiro atoms. The van der Waals surface area contributed by atoms with Crippen molar-refractivity contribution >= 4 is 17.7 Å². The Morgan fingerprint density at radius 1 is 1.09 bits per heavy atom. The number of rotatable bonds is 9. The average Bonchev–Trinajstić information content (AvgIpc) is 3.65. The minimum Gasteiger partial charge on any atom is -0.483 e. The molecule has 3 amide bonds. The second-order valence-corrected chi connectivity index (χ2v) is 13.3. The number of benzene rings is 1. The Bertz CT molecular complexity index is 1360. The normalized spacial score (nSPS) is 18.8. The molecule has 1 aromatic carbocycles. The van der Waals surface area contributed by atoms with Crippen LogP contribution in [0.2, 0.25) is 0 Å². The molecule has 2 saturated heterocycles. The van der Waals surface area contributed by atoms with Gasteiger partial charge in [-0.2, -0.15) is 13.2 Å². The smallest absolute Gasteiger partial charge is 0.416 e. The van der Waals surface area contributed by atoms with E-state index >= 15 is 0 Å². The number of nitrogens with zero attached hydrogens (tertiary/aromatic N) is 4. The van der Waals surface area contributed by atoms with E-state index in [1.54, 1.807) is 11.1 Å². The quantitative estimate of drug-likeness (QED) is 0.433. The first-order chi connectivity index (χ1) is 21.0. The van der Waals surface area contributed by atoms with Gasteiger partial charge in [0.15, 0.2) is 6.61 Å². The molecule has 45 heavy (non-hydrogen) atoms. The van der Waals surface area contributed by atoms with Gasteiger partial charge in [0.2, 0.25) is 17.7 Å². The molecule has 2 unspecified atom stereocenters. The highest BCUT2D eigenvalue weighted by Gasteiger charge is 2.40. The molecule has 13 heteroatoms. The number of ether oxygens (including phenoxy) is 1. The molecule has 0 radical (unpaired) electrons. The summed E-state index contributed by atoms with van der Waals surface area (Å²) >= 11 is 0. The minimum absolute atomic E-state index is 0.0343. The predicted octanol–water partition coefficient (Wildman–Crippen LogP) is 4.48. The van der Waals surface area contributed by atoms with Crippen molar-refractivity contribution < 1.29 is 36.7 Å². The molecule has 0 saturated carbocycles. The number of halogens is 3. The lowest BCUT2D eigenvalue weighted by Crippen LogP contribution is -2.56. The minimum atomic E-state index is -4.71. The lowest BCUT2D eigenvalue weighted by Gasteiger charge is -2.36. The fraction of sp³-hybridized carbons (Fsp3) is 0.625. The van der Waals surface area contributed by atoms with Crippen LogP contribution in [0, 0.1) is 5.92 Å². The van der Waals surface area contributed by atoms with Crippen molar-refractivity contribution in [3.8, 4) is 5.75 Å². The standard InChI is InChI=1S/C32H44F3N5O5/c1-20(2)16-23(29(42)40-11-7-8-24(40)30(43)39-14-12-38(6)13-15-39)37-28(41)22-17-21(32(33,34)35)9-10-25(22)44-19-27-36-18-26(45-27)31(3,4)5/h9-10,17-18,20,23-24H,7-8,11-16,19H2,1-6H3,(H,37,41). The second-order valence-electron chi connectivity index (χ2n) is 13.3. The Morgan fingerprint density at radius 3 is 2.38 bits per heavy atom. The highest BCUT2D eigenvalue weighted by molar-refractivity contribution is 6.00. The Morgan fingerprint density at radius 2 is 1.78 bits per heavy atom. The summed E-state index contributed by atoms with van der Waals surface area (Å²) < 4.78 is 52.6. The van der Waals surface area contributed by atoms with E-state index in [2.05, 4.69) is 15.2 Å². The maximum atomic E-state index is 13.9. The van der Waals surface area contributed by atoms with Gasteiger partial charge in [0.25, 0.3) is 5.91 Å². The van der Waals surface area contributed by atoms with Crippen molar-refractivity contribution in [2.75, 3.05) is 39.8 Å². The Balaban J connectivity index is 1.55. The molecule has 2 atom stereocenters. The number of amides is 3. The van der Waals surface area contributed by atoms with Gasteiger partial charge in [-0.05, 0) is 50.4 Å². The van der Waals surface area contributed by atoms with Crippen molar-refractivity contribution in [2.24, 2.45) is 5.92 Å². The summed E-state index contributed by atoms with van der Waals surface area (Å²) in [7, 11) is 1.99. The zero-order valence-corrected chi connectivity index (χ0v) is 26.9. The average molecular weight is 636 g/mol. The number of oxazole rings is 1. The molecule has 2 aromatic rings. The van der Waals surface area contributed by atoms with E-state index < -0.39 is 35.6 Å². The van der Waals surface area contributed by atoms with Crippen LogP contribution in [0.3, 0.4) is 0 Å². The van der Waals surface area contributed by atoms with Crippen LogP contribution in [-0.4, -0.2) is 89.3 Å². The van der Waals surface area contributed by atoms with E-state index in [-0.39, 0.29) is 47.5 Å². The zero-order chi connectivity index (χ0) is 33.1. The van der Waals surface area contributed by atoms with Crippen molar-refractivity contribution in [2.45, 2.75) is 84.2 Å². The lowest BCUT2D eigenvalue weighted by molar-refractivity contribution is -0.145. The fourth-order valence-corrected chi connectivity index (χ4v) is 5.53. The van der Waals surface area contributed by atoms with Crippen LogP contribution in [0.1, 0.15) is 81.5 Å². The van der Waals surface area contributed by atoms with Gasteiger partial charge in [-0.25, -0.2) is 4.98 Å². The summed E-state index contributed by atoms with van der Waals surface area (Å²) in [5, 5.41) is 2.68. The van der Waals surface area contributed by atoms with Crippen LogP contribution in [-0.2, 0) is 27.8 Å². The highest BCUT2D eigenvalue weighted by Crippen LogP contribution is 2.33. The van der Waals surface area contributed by atoms with Crippen LogP contribution >= 0.6 is 0 Å². The molecule has 0 bridgehead atoms. The molecule has 3 heterocycles. The van der Waals surface area contributed by atoms with Crippen molar-refractivity contribution in [3.63, 3.8) is 0 Å². The first-order valence-electron chi connectivity index (χ1n) is 15.4. The summed E-state index contributed by atoms with van der Waals surface area (Å²) in [4.78, 5) is 50.6. The number of hydrogen-bond acceptors (Lipinski definition) is 7. The Labute approximate surface area is 262 Å². The van der Waals surface area contributed by atoms with Gasteiger partial charge in [0.05, 0.1) is 17.3 Å².